The minimum atomic E-state index is 0.811. The van der Waals surface area contributed by atoms with Gasteiger partial charge in [-0.25, -0.2) is 0 Å². The zero-order valence-electron chi connectivity index (χ0n) is 11.3. The molecule has 0 saturated heterocycles. The third-order valence-electron chi connectivity index (χ3n) is 3.21. The Kier molecular flexibility index (Phi) is 4.05. The second-order valence-corrected chi connectivity index (χ2v) is 6.26. The molecule has 5 heteroatoms. The SMILES string of the molecule is Cn1ccc(CCNCc2sc3ccccc3c2Cl)n1. The van der Waals surface area contributed by atoms with E-state index in [1.165, 1.54) is 9.58 Å². The van der Waals surface area contributed by atoms with Crippen molar-refractivity contribution in [2.75, 3.05) is 6.54 Å². The van der Waals surface area contributed by atoms with E-state index in [1.54, 1.807) is 11.3 Å². The summed E-state index contributed by atoms with van der Waals surface area (Å²) in [6, 6.07) is 10.3. The number of hydrogen-bond donors (Lipinski definition) is 1. The fraction of sp³-hybridized carbons (Fsp3) is 0.267. The number of thiophene rings is 1. The number of aryl methyl sites for hydroxylation is 1. The summed E-state index contributed by atoms with van der Waals surface area (Å²) in [5.41, 5.74) is 1.11. The lowest BCUT2D eigenvalue weighted by Crippen LogP contribution is -2.16. The van der Waals surface area contributed by atoms with Crippen molar-refractivity contribution in [2.24, 2.45) is 7.05 Å². The minimum Gasteiger partial charge on any atom is -0.311 e. The van der Waals surface area contributed by atoms with Crippen LogP contribution in [-0.4, -0.2) is 16.3 Å². The average Bonchev–Trinajstić information content (AvgIpc) is 3.00. The van der Waals surface area contributed by atoms with Crippen molar-refractivity contribution in [3.63, 3.8) is 0 Å². The third-order valence-corrected chi connectivity index (χ3v) is 4.93. The van der Waals surface area contributed by atoms with Gasteiger partial charge in [0.1, 0.15) is 0 Å². The molecule has 2 heterocycles. The molecular formula is C15H16ClN3S. The van der Waals surface area contributed by atoms with Crippen molar-refractivity contribution in [1.82, 2.24) is 15.1 Å². The summed E-state index contributed by atoms with van der Waals surface area (Å²) in [6.07, 6.45) is 2.90. The number of halogens is 1. The molecule has 0 saturated carbocycles. The Balaban J connectivity index is 1.58. The fourth-order valence-corrected chi connectivity index (χ4v) is 3.66. The van der Waals surface area contributed by atoms with Gasteiger partial charge in [0.25, 0.3) is 0 Å². The first-order valence-electron chi connectivity index (χ1n) is 6.59. The van der Waals surface area contributed by atoms with Crippen molar-refractivity contribution in [3.05, 3.63) is 52.1 Å². The molecule has 0 radical (unpaired) electrons. The van der Waals surface area contributed by atoms with Crippen LogP contribution < -0.4 is 5.32 Å². The molecule has 0 aliphatic heterocycles. The van der Waals surface area contributed by atoms with Crippen molar-refractivity contribution >= 4 is 33.0 Å². The van der Waals surface area contributed by atoms with Gasteiger partial charge in [0, 0.05) is 47.7 Å². The summed E-state index contributed by atoms with van der Waals surface area (Å²) in [5, 5.41) is 9.84. The van der Waals surface area contributed by atoms with Crippen LogP contribution in [-0.2, 0) is 20.0 Å². The zero-order chi connectivity index (χ0) is 13.9. The molecule has 0 unspecified atom stereocenters. The number of nitrogens with zero attached hydrogens (tertiary/aromatic N) is 2. The van der Waals surface area contributed by atoms with E-state index in [4.69, 9.17) is 11.6 Å². The number of nitrogens with one attached hydrogen (secondary N) is 1. The second kappa shape index (κ2) is 5.95. The summed E-state index contributed by atoms with van der Waals surface area (Å²) < 4.78 is 3.08. The van der Waals surface area contributed by atoms with Gasteiger partial charge in [-0.15, -0.1) is 11.3 Å². The lowest BCUT2D eigenvalue weighted by atomic mass is 10.2. The maximum absolute atomic E-state index is 6.41. The second-order valence-electron chi connectivity index (χ2n) is 4.74. The molecule has 0 spiro atoms. The largest absolute Gasteiger partial charge is 0.311 e. The standard InChI is InChI=1S/C15H16ClN3S/c1-19-9-7-11(18-19)6-8-17-10-14-15(16)12-4-2-3-5-13(12)20-14/h2-5,7,9,17H,6,8,10H2,1H3. The van der Waals surface area contributed by atoms with Crippen LogP contribution in [0, 0.1) is 0 Å². The van der Waals surface area contributed by atoms with E-state index in [0.717, 1.165) is 35.6 Å². The normalized spacial score (nSPS) is 11.3. The Morgan fingerprint density at radius 2 is 2.15 bits per heavy atom. The molecule has 0 fully saturated rings. The van der Waals surface area contributed by atoms with E-state index in [9.17, 15) is 0 Å². The zero-order valence-corrected chi connectivity index (χ0v) is 12.8. The summed E-state index contributed by atoms with van der Waals surface area (Å²) in [4.78, 5) is 1.20. The van der Waals surface area contributed by atoms with Gasteiger partial charge in [0.2, 0.25) is 0 Å². The molecule has 104 valence electrons. The Morgan fingerprint density at radius 3 is 2.90 bits per heavy atom. The smallest absolute Gasteiger partial charge is 0.0637 e. The van der Waals surface area contributed by atoms with Crippen molar-refractivity contribution in [1.29, 1.82) is 0 Å². The highest BCUT2D eigenvalue weighted by molar-refractivity contribution is 7.19. The van der Waals surface area contributed by atoms with E-state index < -0.39 is 0 Å². The lowest BCUT2D eigenvalue weighted by Gasteiger charge is -2.02. The van der Waals surface area contributed by atoms with Crippen molar-refractivity contribution in [3.8, 4) is 0 Å². The van der Waals surface area contributed by atoms with Gasteiger partial charge in [-0.3, -0.25) is 4.68 Å². The number of benzene rings is 1. The molecule has 1 N–H and O–H groups in total. The quantitative estimate of drug-likeness (QED) is 0.730. The summed E-state index contributed by atoms with van der Waals surface area (Å²) in [7, 11) is 1.94. The fourth-order valence-electron chi connectivity index (χ4n) is 2.19. The number of aromatic nitrogens is 2. The van der Waals surface area contributed by atoms with Crippen LogP contribution >= 0.6 is 22.9 Å². The molecule has 0 amide bonds. The molecule has 3 rings (SSSR count). The molecule has 1 aromatic carbocycles. The van der Waals surface area contributed by atoms with Gasteiger partial charge in [-0.2, -0.15) is 5.10 Å². The van der Waals surface area contributed by atoms with Gasteiger partial charge in [0.15, 0.2) is 0 Å². The van der Waals surface area contributed by atoms with E-state index in [2.05, 4.69) is 22.5 Å². The summed E-state index contributed by atoms with van der Waals surface area (Å²) in [5.74, 6) is 0. The maximum atomic E-state index is 6.41. The van der Waals surface area contributed by atoms with Crippen LogP contribution in [0.1, 0.15) is 10.6 Å². The monoisotopic (exact) mass is 305 g/mol. The summed E-state index contributed by atoms with van der Waals surface area (Å²) in [6.45, 7) is 1.71. The Morgan fingerprint density at radius 1 is 1.30 bits per heavy atom. The maximum Gasteiger partial charge on any atom is 0.0637 e. The van der Waals surface area contributed by atoms with E-state index in [1.807, 2.05) is 36.1 Å². The predicted octanol–water partition coefficient (Wildman–Crippen LogP) is 3.62. The van der Waals surface area contributed by atoms with E-state index >= 15 is 0 Å². The van der Waals surface area contributed by atoms with Gasteiger partial charge < -0.3 is 5.32 Å². The van der Waals surface area contributed by atoms with Crippen molar-refractivity contribution < 1.29 is 0 Å². The predicted molar refractivity (Wildman–Crippen MR) is 85.5 cm³/mol. The first-order chi connectivity index (χ1) is 9.74. The first-order valence-corrected chi connectivity index (χ1v) is 7.78. The minimum absolute atomic E-state index is 0.811. The van der Waals surface area contributed by atoms with E-state index in [-0.39, 0.29) is 0 Å². The lowest BCUT2D eigenvalue weighted by molar-refractivity contribution is 0.670. The van der Waals surface area contributed by atoms with E-state index in [0.29, 0.717) is 0 Å². The highest BCUT2D eigenvalue weighted by atomic mass is 35.5. The van der Waals surface area contributed by atoms with Crippen molar-refractivity contribution in [2.45, 2.75) is 13.0 Å². The van der Waals surface area contributed by atoms with Gasteiger partial charge >= 0.3 is 0 Å². The van der Waals surface area contributed by atoms with Crippen LogP contribution in [0.2, 0.25) is 5.02 Å². The van der Waals surface area contributed by atoms with Crippen LogP contribution in [0.15, 0.2) is 36.5 Å². The van der Waals surface area contributed by atoms with Crippen LogP contribution in [0.25, 0.3) is 10.1 Å². The molecule has 2 aromatic heterocycles. The molecule has 3 aromatic rings. The molecule has 0 atom stereocenters. The van der Waals surface area contributed by atoms with Gasteiger partial charge in [0.05, 0.1) is 10.7 Å². The average molecular weight is 306 g/mol. The molecule has 0 aliphatic rings. The van der Waals surface area contributed by atoms with Crippen LogP contribution in [0.4, 0.5) is 0 Å². The molecule has 0 aliphatic carbocycles. The highest BCUT2D eigenvalue weighted by Crippen LogP contribution is 2.34. The molecule has 20 heavy (non-hydrogen) atoms. The Bertz CT molecular complexity index is 717. The highest BCUT2D eigenvalue weighted by Gasteiger charge is 2.09. The molecular weight excluding hydrogens is 290 g/mol. The van der Waals surface area contributed by atoms with Crippen LogP contribution in [0.5, 0.6) is 0 Å². The molecule has 3 nitrogen and oxygen atoms in total. The molecule has 0 bridgehead atoms. The third kappa shape index (κ3) is 2.87. The number of hydrogen-bond acceptors (Lipinski definition) is 3. The number of fused-ring (bicyclic) bond motifs is 1. The first kappa shape index (κ1) is 13.6. The van der Waals surface area contributed by atoms with Gasteiger partial charge in [-0.05, 0) is 12.1 Å². The van der Waals surface area contributed by atoms with Gasteiger partial charge in [-0.1, -0.05) is 29.8 Å². The topological polar surface area (TPSA) is 29.9 Å². The Labute approximate surface area is 127 Å². The number of rotatable bonds is 5. The summed E-state index contributed by atoms with van der Waals surface area (Å²) >= 11 is 8.17. The van der Waals surface area contributed by atoms with Crippen LogP contribution in [0.3, 0.4) is 0 Å². The Hall–Kier alpha value is -1.36.